The molecule has 1 atom stereocenters. The summed E-state index contributed by atoms with van der Waals surface area (Å²) in [5.74, 6) is -1.70. The molecule has 1 heterocycles. The van der Waals surface area contributed by atoms with Crippen LogP contribution in [0.3, 0.4) is 0 Å². The van der Waals surface area contributed by atoms with Crippen LogP contribution >= 0.6 is 0 Å². The molecule has 1 rings (SSSR count). The lowest BCUT2D eigenvalue weighted by molar-refractivity contribution is -0.164. The van der Waals surface area contributed by atoms with E-state index in [0.29, 0.717) is 0 Å². The molecule has 0 amide bonds. The molecule has 1 aliphatic heterocycles. The van der Waals surface area contributed by atoms with Gasteiger partial charge in [0.15, 0.2) is 11.9 Å². The van der Waals surface area contributed by atoms with E-state index in [1.54, 1.807) is 13.8 Å². The Labute approximate surface area is 72.5 Å². The first-order valence-electron chi connectivity index (χ1n) is 4.06. The van der Waals surface area contributed by atoms with Gasteiger partial charge in [0.2, 0.25) is 0 Å². The fraction of sp³-hybridized carbons (Fsp3) is 0.875. The molecule has 1 aliphatic rings. The highest BCUT2D eigenvalue weighted by Crippen LogP contribution is 2.21. The van der Waals surface area contributed by atoms with Crippen molar-refractivity contribution < 1.29 is 19.4 Å². The lowest BCUT2D eigenvalue weighted by atomic mass is 10.4. The Hall–Kier alpha value is -0.610. The number of ether oxygens (including phenoxy) is 2. The third-order valence-corrected chi connectivity index (χ3v) is 1.28. The second-order valence-electron chi connectivity index (χ2n) is 2.66. The minimum atomic E-state index is -0.967. The lowest BCUT2D eigenvalue weighted by Crippen LogP contribution is -2.26. The van der Waals surface area contributed by atoms with Crippen molar-refractivity contribution in [3.63, 3.8) is 0 Å². The summed E-state index contributed by atoms with van der Waals surface area (Å²) in [6, 6.07) is 0. The Morgan fingerprint density at radius 1 is 1.50 bits per heavy atom. The zero-order valence-corrected chi connectivity index (χ0v) is 7.96. The predicted octanol–water partition coefficient (Wildman–Crippen LogP) is 1.25. The summed E-state index contributed by atoms with van der Waals surface area (Å²) in [6.07, 6.45) is -0.796. The molecule has 12 heavy (non-hydrogen) atoms. The Balaban J connectivity index is 0.000000561. The van der Waals surface area contributed by atoms with Crippen molar-refractivity contribution in [1.29, 1.82) is 0 Å². The third kappa shape index (κ3) is 3.19. The molecule has 72 valence electrons. The summed E-state index contributed by atoms with van der Waals surface area (Å²) in [5.41, 5.74) is 0. The zero-order chi connectivity index (χ0) is 9.78. The van der Waals surface area contributed by atoms with Gasteiger partial charge in [-0.05, 0) is 13.8 Å². The van der Waals surface area contributed by atoms with Gasteiger partial charge in [-0.2, -0.15) is 0 Å². The zero-order valence-electron chi connectivity index (χ0n) is 7.96. The molecular formula is C8H16O4. The summed E-state index contributed by atoms with van der Waals surface area (Å²) in [7, 11) is 0. The molecule has 4 nitrogen and oxygen atoms in total. The number of carboxylic acid groups (broad SMARTS) is 1. The van der Waals surface area contributed by atoms with Gasteiger partial charge >= 0.3 is 5.97 Å². The summed E-state index contributed by atoms with van der Waals surface area (Å²) in [4.78, 5) is 10.3. The van der Waals surface area contributed by atoms with Gasteiger partial charge in [0.05, 0.1) is 6.61 Å². The maximum absolute atomic E-state index is 10.3. The molecule has 0 aromatic heterocycles. The quantitative estimate of drug-likeness (QED) is 0.653. The second-order valence-corrected chi connectivity index (χ2v) is 2.66. The van der Waals surface area contributed by atoms with E-state index in [-0.39, 0.29) is 6.61 Å². The van der Waals surface area contributed by atoms with Crippen molar-refractivity contribution in [2.24, 2.45) is 0 Å². The van der Waals surface area contributed by atoms with Crippen LogP contribution < -0.4 is 0 Å². The van der Waals surface area contributed by atoms with Crippen LogP contribution in [0.25, 0.3) is 0 Å². The van der Waals surface area contributed by atoms with E-state index in [0.717, 1.165) is 0 Å². The minimum absolute atomic E-state index is 0.141. The van der Waals surface area contributed by atoms with Gasteiger partial charge in [-0.1, -0.05) is 13.8 Å². The van der Waals surface area contributed by atoms with Crippen molar-refractivity contribution in [3.05, 3.63) is 0 Å². The van der Waals surface area contributed by atoms with E-state index in [1.807, 2.05) is 13.8 Å². The second kappa shape index (κ2) is 4.42. The van der Waals surface area contributed by atoms with Crippen LogP contribution in [0.1, 0.15) is 27.7 Å². The van der Waals surface area contributed by atoms with Crippen LogP contribution in [-0.2, 0) is 14.3 Å². The van der Waals surface area contributed by atoms with Crippen LogP contribution in [0.2, 0.25) is 0 Å². The Morgan fingerprint density at radius 2 is 2.00 bits per heavy atom. The standard InChI is InChI=1S/C6H10O4.C2H6/c1-6(2)9-3-4(10-6)5(7)8;1-2/h4H,3H2,1-2H3,(H,7,8);1-2H3. The van der Waals surface area contributed by atoms with Crippen LogP contribution in [0.5, 0.6) is 0 Å². The molecule has 0 spiro atoms. The molecule has 1 saturated heterocycles. The first-order valence-corrected chi connectivity index (χ1v) is 4.06. The van der Waals surface area contributed by atoms with Crippen LogP contribution in [-0.4, -0.2) is 29.6 Å². The van der Waals surface area contributed by atoms with E-state index in [1.165, 1.54) is 0 Å². The van der Waals surface area contributed by atoms with Gasteiger partial charge < -0.3 is 14.6 Å². The lowest BCUT2D eigenvalue weighted by Gasteiger charge is -2.15. The van der Waals surface area contributed by atoms with E-state index in [9.17, 15) is 4.79 Å². The normalized spacial score (nSPS) is 25.8. The molecule has 1 unspecified atom stereocenters. The van der Waals surface area contributed by atoms with Gasteiger partial charge in [0.25, 0.3) is 0 Å². The van der Waals surface area contributed by atoms with E-state index >= 15 is 0 Å². The molecule has 0 radical (unpaired) electrons. The van der Waals surface area contributed by atoms with Crippen molar-refractivity contribution in [1.82, 2.24) is 0 Å². The van der Waals surface area contributed by atoms with E-state index in [4.69, 9.17) is 14.6 Å². The van der Waals surface area contributed by atoms with E-state index < -0.39 is 17.9 Å². The molecular weight excluding hydrogens is 160 g/mol. The number of carbonyl (C=O) groups is 1. The van der Waals surface area contributed by atoms with E-state index in [2.05, 4.69) is 0 Å². The van der Waals surface area contributed by atoms with Crippen molar-refractivity contribution in [3.8, 4) is 0 Å². The number of rotatable bonds is 1. The number of aliphatic carboxylic acids is 1. The summed E-state index contributed by atoms with van der Waals surface area (Å²) >= 11 is 0. The highest BCUT2D eigenvalue weighted by molar-refractivity contribution is 5.72. The van der Waals surface area contributed by atoms with Gasteiger partial charge in [-0.3, -0.25) is 0 Å². The molecule has 0 aromatic carbocycles. The molecule has 1 fully saturated rings. The summed E-state index contributed by atoms with van der Waals surface area (Å²) in [6.45, 7) is 7.52. The van der Waals surface area contributed by atoms with Crippen LogP contribution in [0.15, 0.2) is 0 Å². The minimum Gasteiger partial charge on any atom is -0.479 e. The highest BCUT2D eigenvalue weighted by Gasteiger charge is 2.36. The highest BCUT2D eigenvalue weighted by atomic mass is 16.7. The Bertz CT molecular complexity index is 153. The predicted molar refractivity (Wildman–Crippen MR) is 43.9 cm³/mol. The largest absolute Gasteiger partial charge is 0.479 e. The topological polar surface area (TPSA) is 55.8 Å². The average molecular weight is 176 g/mol. The molecule has 0 saturated carbocycles. The van der Waals surface area contributed by atoms with Gasteiger partial charge in [-0.25, -0.2) is 4.79 Å². The number of carboxylic acids is 1. The van der Waals surface area contributed by atoms with Crippen molar-refractivity contribution in [2.75, 3.05) is 6.61 Å². The Kier molecular flexibility index (Phi) is 4.20. The smallest absolute Gasteiger partial charge is 0.335 e. The molecule has 1 N–H and O–H groups in total. The third-order valence-electron chi connectivity index (χ3n) is 1.28. The maximum atomic E-state index is 10.3. The number of hydrogen-bond acceptors (Lipinski definition) is 3. The molecule has 4 heteroatoms. The SMILES string of the molecule is CC.CC1(C)OCC(C(=O)O)O1. The van der Waals surface area contributed by atoms with Crippen LogP contribution in [0, 0.1) is 0 Å². The molecule has 0 aromatic rings. The van der Waals surface area contributed by atoms with Crippen molar-refractivity contribution in [2.45, 2.75) is 39.6 Å². The fourth-order valence-corrected chi connectivity index (χ4v) is 0.809. The van der Waals surface area contributed by atoms with Gasteiger partial charge in [0, 0.05) is 0 Å². The maximum Gasteiger partial charge on any atom is 0.335 e. The first-order chi connectivity index (χ1) is 5.51. The summed E-state index contributed by atoms with van der Waals surface area (Å²) < 4.78 is 10.00. The van der Waals surface area contributed by atoms with Crippen LogP contribution in [0.4, 0.5) is 0 Å². The van der Waals surface area contributed by atoms with Gasteiger partial charge in [0.1, 0.15) is 0 Å². The molecule has 0 aliphatic carbocycles. The fourth-order valence-electron chi connectivity index (χ4n) is 0.809. The summed E-state index contributed by atoms with van der Waals surface area (Å²) in [5, 5.41) is 8.44. The average Bonchev–Trinajstić information content (AvgIpc) is 2.35. The van der Waals surface area contributed by atoms with Crippen molar-refractivity contribution >= 4 is 5.97 Å². The monoisotopic (exact) mass is 176 g/mol. The first kappa shape index (κ1) is 11.4. The Morgan fingerprint density at radius 3 is 2.17 bits per heavy atom. The van der Waals surface area contributed by atoms with Gasteiger partial charge in [-0.15, -0.1) is 0 Å². The molecule has 0 bridgehead atoms. The number of hydrogen-bond donors (Lipinski definition) is 1.